The Morgan fingerprint density at radius 3 is 2.72 bits per heavy atom. The standard InChI is InChI=1S/C18H25ClF2N6OS/c1-11(2)13-3-14(19)27-15(13)16(23-10-24-27)25-6-17(7-25)4-12(5-17)26(29-22)8-18(20,21)9-28/h3,10-12,28H,4-9,22H2,1-2H3. The van der Waals surface area contributed by atoms with E-state index in [0.29, 0.717) is 5.15 Å². The van der Waals surface area contributed by atoms with E-state index < -0.39 is 19.1 Å². The van der Waals surface area contributed by atoms with Crippen molar-refractivity contribution in [2.24, 2.45) is 10.6 Å². The Balaban J connectivity index is 1.45. The number of hydrogen-bond donors (Lipinski definition) is 2. The summed E-state index contributed by atoms with van der Waals surface area (Å²) in [6, 6.07) is 1.93. The first-order valence-electron chi connectivity index (χ1n) is 9.58. The van der Waals surface area contributed by atoms with Gasteiger partial charge < -0.3 is 10.0 Å². The van der Waals surface area contributed by atoms with Crippen molar-refractivity contribution in [2.75, 3.05) is 31.1 Å². The highest BCUT2D eigenvalue weighted by atomic mass is 35.5. The second kappa shape index (κ2) is 7.49. The molecule has 3 heterocycles. The third-order valence-electron chi connectivity index (χ3n) is 5.99. The van der Waals surface area contributed by atoms with Crippen molar-refractivity contribution < 1.29 is 13.9 Å². The zero-order valence-electron chi connectivity index (χ0n) is 16.4. The molecule has 0 atom stereocenters. The Hall–Kier alpha value is -1.20. The van der Waals surface area contributed by atoms with Crippen molar-refractivity contribution in [3.05, 3.63) is 23.1 Å². The number of anilines is 1. The van der Waals surface area contributed by atoms with Crippen molar-refractivity contribution in [3.8, 4) is 0 Å². The normalized spacial score (nSPS) is 19.4. The summed E-state index contributed by atoms with van der Waals surface area (Å²) < 4.78 is 30.3. The molecule has 2 aliphatic rings. The molecular formula is C18H25ClF2N6OS. The molecule has 1 saturated heterocycles. The van der Waals surface area contributed by atoms with Gasteiger partial charge in [0.1, 0.15) is 23.6 Å². The van der Waals surface area contributed by atoms with Crippen LogP contribution < -0.4 is 10.0 Å². The topological polar surface area (TPSA) is 82.9 Å². The Morgan fingerprint density at radius 1 is 1.45 bits per heavy atom. The molecule has 0 radical (unpaired) electrons. The lowest BCUT2D eigenvalue weighted by molar-refractivity contribution is -0.0791. The van der Waals surface area contributed by atoms with Crippen LogP contribution in [0.2, 0.25) is 5.15 Å². The van der Waals surface area contributed by atoms with Gasteiger partial charge in [-0.15, -0.1) is 0 Å². The van der Waals surface area contributed by atoms with E-state index in [4.69, 9.17) is 21.8 Å². The number of aliphatic hydroxyl groups excluding tert-OH is 1. The number of nitrogens with zero attached hydrogens (tertiary/aromatic N) is 5. The molecule has 160 valence electrons. The number of aliphatic hydroxyl groups is 1. The zero-order valence-corrected chi connectivity index (χ0v) is 17.9. The summed E-state index contributed by atoms with van der Waals surface area (Å²) in [6.45, 7) is 4.14. The fourth-order valence-electron chi connectivity index (χ4n) is 4.53. The number of rotatable bonds is 7. The summed E-state index contributed by atoms with van der Waals surface area (Å²) in [5, 5.41) is 19.3. The van der Waals surface area contributed by atoms with Crippen LogP contribution in [-0.2, 0) is 0 Å². The molecular weight excluding hydrogens is 422 g/mol. The van der Waals surface area contributed by atoms with Crippen LogP contribution in [0.25, 0.3) is 5.52 Å². The van der Waals surface area contributed by atoms with E-state index in [-0.39, 0.29) is 17.4 Å². The molecule has 2 fully saturated rings. The summed E-state index contributed by atoms with van der Waals surface area (Å²) in [4.78, 5) is 6.72. The second-order valence-corrected chi connectivity index (χ2v) is 9.60. The van der Waals surface area contributed by atoms with Crippen LogP contribution in [0.5, 0.6) is 0 Å². The molecule has 11 heteroatoms. The predicted octanol–water partition coefficient (Wildman–Crippen LogP) is 2.93. The average molecular weight is 447 g/mol. The van der Waals surface area contributed by atoms with Crippen LogP contribution in [0.4, 0.5) is 14.6 Å². The van der Waals surface area contributed by atoms with E-state index in [1.54, 1.807) is 4.52 Å². The second-order valence-electron chi connectivity index (χ2n) is 8.53. The minimum Gasteiger partial charge on any atom is -0.390 e. The Labute approximate surface area is 177 Å². The molecule has 0 amide bonds. The van der Waals surface area contributed by atoms with Crippen molar-refractivity contribution in [1.82, 2.24) is 18.9 Å². The lowest BCUT2D eigenvalue weighted by Crippen LogP contribution is -2.67. The largest absolute Gasteiger partial charge is 0.390 e. The van der Waals surface area contributed by atoms with Gasteiger partial charge in [0.25, 0.3) is 5.92 Å². The monoisotopic (exact) mass is 446 g/mol. The molecule has 29 heavy (non-hydrogen) atoms. The van der Waals surface area contributed by atoms with E-state index in [2.05, 4.69) is 28.8 Å². The van der Waals surface area contributed by atoms with Gasteiger partial charge in [0, 0.05) is 36.7 Å². The molecule has 2 aromatic rings. The SMILES string of the molecule is CC(C)c1cc(Cl)n2ncnc(N3CC4(CC(N(CC(F)(F)CO)SN)C4)C3)c12. The lowest BCUT2D eigenvalue weighted by atomic mass is 9.60. The van der Waals surface area contributed by atoms with Crippen molar-refractivity contribution in [1.29, 1.82) is 0 Å². The maximum Gasteiger partial charge on any atom is 0.284 e. The molecule has 0 aromatic carbocycles. The predicted molar refractivity (Wildman–Crippen MR) is 110 cm³/mol. The molecule has 1 saturated carbocycles. The van der Waals surface area contributed by atoms with Crippen LogP contribution in [0.15, 0.2) is 12.4 Å². The van der Waals surface area contributed by atoms with Crippen LogP contribution in [0, 0.1) is 5.41 Å². The number of halogens is 3. The first kappa shape index (κ1) is 21.0. The maximum absolute atomic E-state index is 13.5. The highest BCUT2D eigenvalue weighted by Crippen LogP contribution is 2.52. The highest BCUT2D eigenvalue weighted by Gasteiger charge is 2.55. The van der Waals surface area contributed by atoms with E-state index in [9.17, 15) is 8.78 Å². The van der Waals surface area contributed by atoms with Gasteiger partial charge in [-0.3, -0.25) is 5.14 Å². The number of alkyl halides is 2. The Bertz CT molecular complexity index is 896. The van der Waals surface area contributed by atoms with E-state index >= 15 is 0 Å². The number of aromatic nitrogens is 3. The van der Waals surface area contributed by atoms with Crippen LogP contribution in [0.3, 0.4) is 0 Å². The van der Waals surface area contributed by atoms with Crippen LogP contribution in [-0.4, -0.2) is 62.2 Å². The van der Waals surface area contributed by atoms with Crippen LogP contribution >= 0.6 is 23.7 Å². The summed E-state index contributed by atoms with van der Waals surface area (Å²) in [7, 11) is 0. The van der Waals surface area contributed by atoms with E-state index in [0.717, 1.165) is 55.0 Å². The molecule has 3 N–H and O–H groups in total. The van der Waals surface area contributed by atoms with Gasteiger partial charge in [0.05, 0.1) is 6.54 Å². The quantitative estimate of drug-likeness (QED) is 0.632. The Morgan fingerprint density at radius 2 is 2.14 bits per heavy atom. The minimum absolute atomic E-state index is 0.0102. The zero-order chi connectivity index (χ0) is 21.0. The molecule has 0 bridgehead atoms. The smallest absolute Gasteiger partial charge is 0.284 e. The van der Waals surface area contributed by atoms with Gasteiger partial charge in [-0.1, -0.05) is 25.4 Å². The lowest BCUT2D eigenvalue weighted by Gasteiger charge is -2.61. The molecule has 1 aliphatic carbocycles. The minimum atomic E-state index is -3.14. The van der Waals surface area contributed by atoms with Crippen molar-refractivity contribution in [2.45, 2.75) is 44.6 Å². The first-order valence-corrected chi connectivity index (χ1v) is 10.8. The van der Waals surface area contributed by atoms with Gasteiger partial charge >= 0.3 is 0 Å². The molecule has 7 nitrogen and oxygen atoms in total. The maximum atomic E-state index is 13.5. The third kappa shape index (κ3) is 3.69. The molecule has 1 aliphatic heterocycles. The van der Waals surface area contributed by atoms with Gasteiger partial charge in [-0.2, -0.15) is 5.10 Å². The fourth-order valence-corrected chi connectivity index (χ4v) is 5.36. The van der Waals surface area contributed by atoms with Gasteiger partial charge in [-0.05, 0) is 30.4 Å². The van der Waals surface area contributed by atoms with Crippen LogP contribution in [0.1, 0.15) is 38.2 Å². The van der Waals surface area contributed by atoms with Gasteiger partial charge in [-0.25, -0.2) is 22.6 Å². The first-order chi connectivity index (χ1) is 13.7. The molecule has 0 unspecified atom stereocenters. The molecule has 2 aromatic heterocycles. The highest BCUT2D eigenvalue weighted by molar-refractivity contribution is 7.94. The molecule has 1 spiro atoms. The van der Waals surface area contributed by atoms with Crippen molar-refractivity contribution >= 4 is 35.1 Å². The van der Waals surface area contributed by atoms with Gasteiger partial charge in [0.2, 0.25) is 0 Å². The van der Waals surface area contributed by atoms with Gasteiger partial charge in [0.15, 0.2) is 5.82 Å². The molecule has 4 rings (SSSR count). The Kier molecular flexibility index (Phi) is 5.44. The van der Waals surface area contributed by atoms with E-state index in [1.165, 1.54) is 10.6 Å². The summed E-state index contributed by atoms with van der Waals surface area (Å²) in [6.07, 6.45) is 3.11. The van der Waals surface area contributed by atoms with E-state index in [1.807, 2.05) is 6.07 Å². The number of fused-ring (bicyclic) bond motifs is 1. The summed E-state index contributed by atoms with van der Waals surface area (Å²) >= 11 is 7.17. The number of nitrogens with two attached hydrogens (primary N) is 1. The average Bonchev–Trinajstić information content (AvgIpc) is 2.96. The third-order valence-corrected chi connectivity index (χ3v) is 6.96. The fraction of sp³-hybridized carbons (Fsp3) is 0.667. The summed E-state index contributed by atoms with van der Waals surface area (Å²) in [5.41, 5.74) is 2.14. The summed E-state index contributed by atoms with van der Waals surface area (Å²) in [5.74, 6) is -2.00. The van der Waals surface area contributed by atoms with Crippen molar-refractivity contribution in [3.63, 3.8) is 0 Å². The number of hydrogen-bond acceptors (Lipinski definition) is 7.